The Labute approximate surface area is 226 Å². The lowest BCUT2D eigenvalue weighted by atomic mass is 10.1. The number of anilines is 1. The molecule has 13 heteroatoms. The lowest BCUT2D eigenvalue weighted by Crippen LogP contribution is -2.50. The van der Waals surface area contributed by atoms with Crippen molar-refractivity contribution in [3.8, 4) is 0 Å². The molecule has 1 unspecified atom stereocenters. The van der Waals surface area contributed by atoms with Gasteiger partial charge in [-0.25, -0.2) is 17.8 Å². The molecule has 38 heavy (non-hydrogen) atoms. The molecule has 0 radical (unpaired) electrons. The Balaban J connectivity index is 1.06. The van der Waals surface area contributed by atoms with E-state index in [0.717, 1.165) is 36.2 Å². The van der Waals surface area contributed by atoms with E-state index >= 15 is 0 Å². The van der Waals surface area contributed by atoms with Crippen LogP contribution in [0.1, 0.15) is 37.2 Å². The molecule has 3 aliphatic rings. The molecule has 0 amide bonds. The Bertz CT molecular complexity index is 1350. The van der Waals surface area contributed by atoms with Gasteiger partial charge in [0.25, 0.3) is 10.0 Å². The van der Waals surface area contributed by atoms with Crippen molar-refractivity contribution in [3.63, 3.8) is 0 Å². The first-order valence-electron chi connectivity index (χ1n) is 13.2. The minimum absolute atomic E-state index is 0.0422. The summed E-state index contributed by atoms with van der Waals surface area (Å²) < 4.78 is 44.0. The van der Waals surface area contributed by atoms with Crippen molar-refractivity contribution in [2.24, 2.45) is 0 Å². The normalized spacial score (nSPS) is 22.6. The molecular formula is C25H33FN8O2S2. The van der Waals surface area contributed by atoms with Gasteiger partial charge in [-0.3, -0.25) is 9.80 Å². The molecule has 0 saturated carbocycles. The van der Waals surface area contributed by atoms with Gasteiger partial charge in [-0.15, -0.1) is 10.2 Å². The fourth-order valence-corrected chi connectivity index (χ4v) is 8.47. The molecule has 5 heterocycles. The number of thiazole rings is 1. The molecule has 2 aromatic heterocycles. The third kappa shape index (κ3) is 5.09. The number of fused-ring (bicyclic) bond motifs is 1. The van der Waals surface area contributed by atoms with Gasteiger partial charge in [0.05, 0.1) is 18.8 Å². The van der Waals surface area contributed by atoms with Crippen LogP contribution in [0.5, 0.6) is 0 Å². The highest BCUT2D eigenvalue weighted by atomic mass is 32.2. The summed E-state index contributed by atoms with van der Waals surface area (Å²) in [6, 6.07) is 6.97. The summed E-state index contributed by atoms with van der Waals surface area (Å²) in [5, 5.41) is 9.21. The van der Waals surface area contributed by atoms with Gasteiger partial charge >= 0.3 is 0 Å². The lowest BCUT2D eigenvalue weighted by molar-refractivity contribution is 0.176. The Morgan fingerprint density at radius 2 is 1.87 bits per heavy atom. The average Bonchev–Trinajstić information content (AvgIpc) is 3.70. The zero-order valence-electron chi connectivity index (χ0n) is 21.5. The second kappa shape index (κ2) is 10.6. The number of piperazine rings is 2. The minimum Gasteiger partial charge on any atom is -0.345 e. The van der Waals surface area contributed by atoms with Crippen molar-refractivity contribution < 1.29 is 12.8 Å². The van der Waals surface area contributed by atoms with Crippen LogP contribution in [0.4, 0.5) is 9.52 Å². The summed E-state index contributed by atoms with van der Waals surface area (Å²) in [5.74, 6) is 0.534. The van der Waals surface area contributed by atoms with Gasteiger partial charge in [-0.2, -0.15) is 4.31 Å². The summed E-state index contributed by atoms with van der Waals surface area (Å²) in [7, 11) is -3.58. The number of aromatic nitrogens is 4. The fourth-order valence-electron chi connectivity index (χ4n) is 5.74. The van der Waals surface area contributed by atoms with E-state index in [2.05, 4.69) is 29.9 Å². The van der Waals surface area contributed by atoms with Gasteiger partial charge in [0.15, 0.2) is 9.34 Å². The van der Waals surface area contributed by atoms with Crippen LogP contribution in [-0.4, -0.2) is 101 Å². The smallest absolute Gasteiger partial charge is 0.254 e. The maximum atomic E-state index is 13.4. The molecule has 0 spiro atoms. The number of sulfonamides is 1. The molecule has 0 N–H and O–H groups in total. The predicted molar refractivity (Wildman–Crippen MR) is 143 cm³/mol. The van der Waals surface area contributed by atoms with E-state index < -0.39 is 10.0 Å². The largest absolute Gasteiger partial charge is 0.345 e. The standard InChI is InChI=1S/C25H33FN8O2S2/c1-19(20-4-6-21(26)7-5-20)34-18-28-29-23(34)17-30-9-13-33(14-10-30)38(35,36)24-15-27-25(37-24)32-12-11-31-8-2-3-22(31)16-32/h4-7,15,18-19,22H,2-3,8-14,16-17H2,1H3/t19?,22-/m0/s1. The number of halogens is 1. The summed E-state index contributed by atoms with van der Waals surface area (Å²) in [6.45, 7) is 8.65. The highest BCUT2D eigenvalue weighted by Gasteiger charge is 2.34. The first-order chi connectivity index (χ1) is 18.4. The molecule has 6 rings (SSSR count). The van der Waals surface area contributed by atoms with Gasteiger partial charge in [-0.05, 0) is 44.0 Å². The van der Waals surface area contributed by atoms with Crippen molar-refractivity contribution in [3.05, 3.63) is 54.0 Å². The van der Waals surface area contributed by atoms with Gasteiger partial charge in [0.1, 0.15) is 18.0 Å². The van der Waals surface area contributed by atoms with Crippen LogP contribution < -0.4 is 4.90 Å². The maximum absolute atomic E-state index is 13.4. The van der Waals surface area contributed by atoms with Gasteiger partial charge in [0, 0.05) is 51.9 Å². The lowest BCUT2D eigenvalue weighted by Gasteiger charge is -2.37. The first kappa shape index (κ1) is 25.8. The zero-order valence-corrected chi connectivity index (χ0v) is 23.1. The van der Waals surface area contributed by atoms with E-state index in [-0.39, 0.29) is 11.9 Å². The third-order valence-electron chi connectivity index (χ3n) is 8.04. The van der Waals surface area contributed by atoms with Crippen LogP contribution in [-0.2, 0) is 16.6 Å². The number of hydrogen-bond acceptors (Lipinski definition) is 9. The Morgan fingerprint density at radius 3 is 2.66 bits per heavy atom. The van der Waals surface area contributed by atoms with E-state index in [4.69, 9.17) is 0 Å². The van der Waals surface area contributed by atoms with Crippen LogP contribution in [0.25, 0.3) is 0 Å². The van der Waals surface area contributed by atoms with Crippen LogP contribution in [0.3, 0.4) is 0 Å². The van der Waals surface area contributed by atoms with E-state index in [9.17, 15) is 12.8 Å². The molecule has 0 bridgehead atoms. The molecule has 3 aliphatic heterocycles. The van der Waals surface area contributed by atoms with Crippen molar-refractivity contribution in [1.29, 1.82) is 0 Å². The second-order valence-corrected chi connectivity index (χ2v) is 13.5. The molecule has 3 aromatic rings. The maximum Gasteiger partial charge on any atom is 0.254 e. The molecule has 204 valence electrons. The monoisotopic (exact) mass is 560 g/mol. The quantitative estimate of drug-likeness (QED) is 0.435. The van der Waals surface area contributed by atoms with Crippen molar-refractivity contribution in [1.82, 2.24) is 33.9 Å². The molecule has 3 saturated heterocycles. The Hall–Kier alpha value is -2.45. The number of benzene rings is 1. The Morgan fingerprint density at radius 1 is 1.08 bits per heavy atom. The van der Waals surface area contributed by atoms with Crippen LogP contribution in [0, 0.1) is 5.82 Å². The topological polar surface area (TPSA) is 90.7 Å². The van der Waals surface area contributed by atoms with Gasteiger partial charge in [-0.1, -0.05) is 23.5 Å². The summed E-state index contributed by atoms with van der Waals surface area (Å²) in [5.41, 5.74) is 0.970. The van der Waals surface area contributed by atoms with Gasteiger partial charge in [0.2, 0.25) is 0 Å². The van der Waals surface area contributed by atoms with E-state index in [1.807, 2.05) is 11.5 Å². The second-order valence-electron chi connectivity index (χ2n) is 10.3. The summed E-state index contributed by atoms with van der Waals surface area (Å²) in [4.78, 5) is 11.5. The molecular weight excluding hydrogens is 527 g/mol. The molecule has 2 atom stereocenters. The van der Waals surface area contributed by atoms with E-state index in [1.54, 1.807) is 22.8 Å². The molecule has 3 fully saturated rings. The van der Waals surface area contributed by atoms with E-state index in [0.29, 0.717) is 43.0 Å². The van der Waals surface area contributed by atoms with Crippen LogP contribution >= 0.6 is 11.3 Å². The molecule has 1 aromatic carbocycles. The first-order valence-corrected chi connectivity index (χ1v) is 15.5. The van der Waals surface area contributed by atoms with Crippen molar-refractivity contribution in [2.75, 3.05) is 57.3 Å². The number of nitrogens with zero attached hydrogens (tertiary/aromatic N) is 8. The van der Waals surface area contributed by atoms with E-state index in [1.165, 1.54) is 49.1 Å². The Kier molecular flexibility index (Phi) is 7.20. The van der Waals surface area contributed by atoms with Crippen LogP contribution in [0.2, 0.25) is 0 Å². The highest BCUT2D eigenvalue weighted by molar-refractivity contribution is 7.91. The number of rotatable bonds is 7. The molecule has 0 aliphatic carbocycles. The highest BCUT2D eigenvalue weighted by Crippen LogP contribution is 2.32. The van der Waals surface area contributed by atoms with Crippen LogP contribution in [0.15, 0.2) is 41.0 Å². The zero-order chi connectivity index (χ0) is 26.3. The van der Waals surface area contributed by atoms with Crippen molar-refractivity contribution >= 4 is 26.5 Å². The summed E-state index contributed by atoms with van der Waals surface area (Å²) in [6.07, 6.45) is 5.67. The summed E-state index contributed by atoms with van der Waals surface area (Å²) >= 11 is 1.29. The van der Waals surface area contributed by atoms with Gasteiger partial charge < -0.3 is 9.47 Å². The fraction of sp³-hybridized carbons (Fsp3) is 0.560. The number of hydrogen-bond donors (Lipinski definition) is 0. The predicted octanol–water partition coefficient (Wildman–Crippen LogP) is 2.27. The van der Waals surface area contributed by atoms with Crippen molar-refractivity contribution in [2.45, 2.75) is 42.6 Å². The SMILES string of the molecule is CC(c1ccc(F)cc1)n1cnnc1CN1CCN(S(=O)(=O)c2cnc(N3CCN4CCC[C@H]4C3)s2)CC1. The average molecular weight is 561 g/mol. The minimum atomic E-state index is -3.58. The third-order valence-corrected chi connectivity index (χ3v) is 11.4. The molecule has 10 nitrogen and oxygen atoms in total.